The molecule has 17 nitrogen and oxygen atoms in total. The summed E-state index contributed by atoms with van der Waals surface area (Å²) in [5.74, 6) is -2.40. The van der Waals surface area contributed by atoms with Crippen LogP contribution in [0.15, 0.2) is 60.7 Å². The van der Waals surface area contributed by atoms with Crippen molar-refractivity contribution < 1.29 is 33.4 Å². The van der Waals surface area contributed by atoms with E-state index < -0.39 is 53.7 Å². The fourth-order valence-electron chi connectivity index (χ4n) is 6.78. The van der Waals surface area contributed by atoms with Gasteiger partial charge in [0.15, 0.2) is 0 Å². The summed E-state index contributed by atoms with van der Waals surface area (Å²) in [5.41, 5.74) is 27.4. The van der Waals surface area contributed by atoms with Crippen LogP contribution in [0.2, 0.25) is 0 Å². The first kappa shape index (κ1) is 47.4. The summed E-state index contributed by atoms with van der Waals surface area (Å²) in [4.78, 5) is 70.9. The Kier molecular flexibility index (Phi) is 17.8. The first-order chi connectivity index (χ1) is 29.3. The summed E-state index contributed by atoms with van der Waals surface area (Å²) in [6, 6.07) is 12.4. The molecule has 0 saturated carbocycles. The lowest BCUT2D eigenvalue weighted by atomic mass is 9.93. The Morgan fingerprint density at radius 3 is 2.25 bits per heavy atom. The van der Waals surface area contributed by atoms with Gasteiger partial charge in [-0.25, -0.2) is 0 Å². The third kappa shape index (κ3) is 12.6. The highest BCUT2D eigenvalue weighted by atomic mass is 16.5. The van der Waals surface area contributed by atoms with Crippen LogP contribution in [0.1, 0.15) is 65.3 Å². The van der Waals surface area contributed by atoms with Crippen LogP contribution in [0, 0.1) is 18.3 Å². The zero-order valence-electron chi connectivity index (χ0n) is 35.2. The second-order valence-corrected chi connectivity index (χ2v) is 14.7. The van der Waals surface area contributed by atoms with Crippen molar-refractivity contribution in [2.24, 2.45) is 22.9 Å². The van der Waals surface area contributed by atoms with Crippen LogP contribution in [0.3, 0.4) is 0 Å². The topological polar surface area (TPSA) is 283 Å². The van der Waals surface area contributed by atoms with Crippen molar-refractivity contribution >= 4 is 35.6 Å². The van der Waals surface area contributed by atoms with Gasteiger partial charge in [0, 0.05) is 49.3 Å². The van der Waals surface area contributed by atoms with E-state index in [2.05, 4.69) is 21.3 Å². The number of likely N-dealkylation sites (N-methyl/N-ethyl adjacent to an activating group) is 1. The molecule has 1 aliphatic heterocycles. The summed E-state index contributed by atoms with van der Waals surface area (Å²) in [7, 11) is 1.42. The lowest BCUT2D eigenvalue weighted by Gasteiger charge is -2.32. The zero-order valence-corrected chi connectivity index (χ0v) is 35.2. The third-order valence-electron chi connectivity index (χ3n) is 10.1. The van der Waals surface area contributed by atoms with E-state index in [4.69, 9.17) is 37.7 Å². The highest BCUT2D eigenvalue weighted by Gasteiger charge is 2.36. The predicted molar refractivity (Wildman–Crippen MR) is 232 cm³/mol. The number of hydrogen-bond acceptors (Lipinski definition) is 12. The van der Waals surface area contributed by atoms with Gasteiger partial charge < -0.3 is 58.6 Å². The normalized spacial score (nSPS) is 17.5. The minimum atomic E-state index is -1.38. The van der Waals surface area contributed by atoms with E-state index in [0.29, 0.717) is 44.9 Å². The van der Waals surface area contributed by atoms with Crippen molar-refractivity contribution in [1.82, 2.24) is 26.2 Å². The van der Waals surface area contributed by atoms with Crippen molar-refractivity contribution in [3.05, 3.63) is 88.5 Å². The van der Waals surface area contributed by atoms with Crippen LogP contribution in [0.4, 0.5) is 0 Å². The molecule has 12 N–H and O–H groups in total. The Bertz CT molecular complexity index is 2120. The Balaban J connectivity index is 1.83. The molecule has 0 aromatic heterocycles. The van der Waals surface area contributed by atoms with E-state index >= 15 is 0 Å². The molecule has 0 spiro atoms. The van der Waals surface area contributed by atoms with E-state index in [9.17, 15) is 24.0 Å². The van der Waals surface area contributed by atoms with Gasteiger partial charge in [0.05, 0.1) is 6.07 Å². The summed E-state index contributed by atoms with van der Waals surface area (Å²) < 4.78 is 12.2. The van der Waals surface area contributed by atoms with Crippen LogP contribution in [-0.4, -0.2) is 105 Å². The molecule has 3 aromatic rings. The second kappa shape index (κ2) is 22.9. The number of carbonyl (C=O) groups is 5. The first-order valence-electron chi connectivity index (χ1n) is 20.3. The monoisotopic (exact) mass is 838 g/mol. The number of rotatable bonds is 17. The van der Waals surface area contributed by atoms with Gasteiger partial charge in [-0.3, -0.25) is 24.0 Å². The van der Waals surface area contributed by atoms with Crippen molar-refractivity contribution in [1.29, 1.82) is 5.26 Å². The fraction of sp³-hybridized carbons (Fsp3) is 0.409. The van der Waals surface area contributed by atoms with E-state index in [1.54, 1.807) is 55.5 Å². The van der Waals surface area contributed by atoms with Crippen molar-refractivity contribution in [2.75, 3.05) is 46.4 Å². The van der Waals surface area contributed by atoms with Gasteiger partial charge in [0.25, 0.3) is 5.91 Å². The van der Waals surface area contributed by atoms with Crippen molar-refractivity contribution in [3.8, 4) is 28.7 Å². The van der Waals surface area contributed by atoms with Gasteiger partial charge in [-0.1, -0.05) is 43.3 Å². The van der Waals surface area contributed by atoms with Crippen molar-refractivity contribution in [3.63, 3.8) is 0 Å². The van der Waals surface area contributed by atoms with Gasteiger partial charge in [-0.2, -0.15) is 5.26 Å². The molecule has 5 amide bonds. The number of nitriles is 1. The number of fused-ring (bicyclic) bond motifs is 5. The smallest absolute Gasteiger partial charge is 0.252 e. The largest absolute Gasteiger partial charge is 0.492 e. The maximum Gasteiger partial charge on any atom is 0.252 e. The Hall–Kier alpha value is -6.32. The highest BCUT2D eigenvalue weighted by molar-refractivity contribution is 6.00. The van der Waals surface area contributed by atoms with E-state index in [-0.39, 0.29) is 58.3 Å². The number of aryl methyl sites for hydroxylation is 1. The molecule has 1 heterocycles. The molecule has 1 aliphatic rings. The summed E-state index contributed by atoms with van der Waals surface area (Å²) >= 11 is 0. The number of nitrogens with two attached hydrogens (primary N) is 4. The van der Waals surface area contributed by atoms with Crippen LogP contribution in [0.5, 0.6) is 11.5 Å². The standard InChI is InChI=1S/C44H58N10O7/c1-5-31(49)10-6-28-7-11-32(26(2)22-28)41(56)52-35(14-15-45)44(59)54(4)39-30-9-13-38(61-21-18-48)34(25-30)33-23-29(8-12-37(33)60-20-17-47)24-36(42(57)50-19-16-46)53-40(55)27(3)51-43(39)58/h6-13,22-23,25,27,31,35-36,39H,5,14-15,17-21,24,45,47-49H2,1-4H3,(H,50,57)(H,51,58)(H,52,56)(H,53,55)/b10-6+/t27-,31?,35-,36-,39-/m0/s1. The molecule has 5 atom stereocenters. The molecule has 61 heavy (non-hydrogen) atoms. The molecular weight excluding hydrogens is 781 g/mol. The molecule has 4 bridgehead atoms. The Morgan fingerprint density at radius 2 is 1.62 bits per heavy atom. The SMILES string of the molecule is CCC(N)/C=C/c1ccc(C(=O)N[C@@H](CCN)C(=O)N(C)[C@@H]2C(=O)N[C@@H](C)C(=O)N[C@H](C(=O)NCC#N)Cc3ccc(OCCN)c(c3)-c3cc2ccc3OCCN)c(C)c1. The minimum absolute atomic E-state index is 0.00894. The number of nitrogens with one attached hydrogen (secondary N) is 4. The van der Waals surface area contributed by atoms with Gasteiger partial charge in [-0.15, -0.1) is 0 Å². The maximum atomic E-state index is 14.5. The van der Waals surface area contributed by atoms with E-state index in [1.807, 2.05) is 31.2 Å². The Labute approximate surface area is 356 Å². The van der Waals surface area contributed by atoms with Gasteiger partial charge in [0.1, 0.15) is 55.4 Å². The maximum absolute atomic E-state index is 14.5. The first-order valence-corrected chi connectivity index (χ1v) is 20.3. The summed E-state index contributed by atoms with van der Waals surface area (Å²) in [6.07, 6.45) is 4.60. The molecule has 4 rings (SSSR count). The van der Waals surface area contributed by atoms with E-state index in [1.165, 1.54) is 18.9 Å². The van der Waals surface area contributed by atoms with Gasteiger partial charge >= 0.3 is 0 Å². The lowest BCUT2D eigenvalue weighted by molar-refractivity contribution is -0.141. The number of nitrogens with zero attached hydrogens (tertiary/aromatic N) is 2. The molecule has 0 fully saturated rings. The second-order valence-electron chi connectivity index (χ2n) is 14.7. The fourth-order valence-corrected chi connectivity index (χ4v) is 6.78. The number of ether oxygens (including phenoxy) is 2. The summed E-state index contributed by atoms with van der Waals surface area (Å²) in [6.45, 7) is 5.65. The lowest BCUT2D eigenvalue weighted by Crippen LogP contribution is -2.56. The molecule has 0 saturated heterocycles. The number of carbonyl (C=O) groups excluding carboxylic acids is 5. The van der Waals surface area contributed by atoms with Gasteiger partial charge in [0.2, 0.25) is 23.6 Å². The Morgan fingerprint density at radius 1 is 0.951 bits per heavy atom. The molecule has 3 aromatic carbocycles. The molecular formula is C44H58N10O7. The quantitative estimate of drug-likeness (QED) is 0.0882. The van der Waals surface area contributed by atoms with Crippen LogP contribution in [-0.2, 0) is 25.6 Å². The predicted octanol–water partition coefficient (Wildman–Crippen LogP) is 0.920. The molecule has 1 unspecified atom stereocenters. The number of benzene rings is 3. The van der Waals surface area contributed by atoms with Crippen LogP contribution in [0.25, 0.3) is 17.2 Å². The summed E-state index contributed by atoms with van der Waals surface area (Å²) in [5, 5.41) is 19.9. The number of amides is 5. The van der Waals surface area contributed by atoms with Gasteiger partial charge in [-0.05, 0) is 85.8 Å². The molecule has 326 valence electrons. The average Bonchev–Trinajstić information content (AvgIpc) is 3.25. The zero-order chi connectivity index (χ0) is 44.6. The van der Waals surface area contributed by atoms with E-state index in [0.717, 1.165) is 12.0 Å². The molecule has 0 aliphatic carbocycles. The molecule has 17 heteroatoms. The van der Waals surface area contributed by atoms with Crippen molar-refractivity contribution in [2.45, 2.75) is 70.2 Å². The molecule has 0 radical (unpaired) electrons. The average molecular weight is 839 g/mol. The number of hydrogen-bond donors (Lipinski definition) is 8. The van der Waals surface area contributed by atoms with Crippen LogP contribution >= 0.6 is 0 Å². The third-order valence-corrected chi connectivity index (χ3v) is 10.1. The minimum Gasteiger partial charge on any atom is -0.492 e. The highest BCUT2D eigenvalue weighted by Crippen LogP contribution is 2.40. The van der Waals surface area contributed by atoms with Crippen LogP contribution < -0.4 is 53.7 Å².